The molecule has 4 rings (SSSR count). The largest absolute Gasteiger partial charge is 0.478 e. The summed E-state index contributed by atoms with van der Waals surface area (Å²) in [6.45, 7) is 0.870. The summed E-state index contributed by atoms with van der Waals surface area (Å²) >= 11 is 0. The molecule has 3 fully saturated rings. The highest BCUT2D eigenvalue weighted by atomic mass is 16.5. The molecule has 1 saturated carbocycles. The first-order chi connectivity index (χ1) is 14.6. The summed E-state index contributed by atoms with van der Waals surface area (Å²) in [7, 11) is 0. The number of carboxylic acids is 1. The first-order valence-corrected chi connectivity index (χ1v) is 11.5. The Bertz CT molecular complexity index is 770. The summed E-state index contributed by atoms with van der Waals surface area (Å²) in [6, 6.07) is 7.15. The molecule has 1 aromatic rings. The van der Waals surface area contributed by atoms with Crippen molar-refractivity contribution in [2.75, 3.05) is 13.1 Å². The van der Waals surface area contributed by atoms with Crippen LogP contribution in [0, 0.1) is 17.8 Å². The van der Waals surface area contributed by atoms with E-state index in [0.717, 1.165) is 56.9 Å². The van der Waals surface area contributed by atoms with Gasteiger partial charge in [0.2, 0.25) is 0 Å². The van der Waals surface area contributed by atoms with E-state index in [1.165, 1.54) is 6.42 Å². The van der Waals surface area contributed by atoms with Crippen LogP contribution in [0.5, 0.6) is 0 Å². The van der Waals surface area contributed by atoms with E-state index in [0.29, 0.717) is 30.0 Å². The molecule has 2 heterocycles. The van der Waals surface area contributed by atoms with Crippen molar-refractivity contribution < 1.29 is 19.4 Å². The van der Waals surface area contributed by atoms with Crippen LogP contribution < -0.4 is 0 Å². The SMILES string of the molecule is O=C(O)c1ccc(CCC2C3CCC(O3)C2CN=NCC(=O)C2CCCCC2)cc1. The molecule has 30 heavy (non-hydrogen) atoms. The van der Waals surface area contributed by atoms with Crippen molar-refractivity contribution >= 4 is 11.8 Å². The van der Waals surface area contributed by atoms with Crippen molar-refractivity contribution in [3.05, 3.63) is 35.4 Å². The van der Waals surface area contributed by atoms with Gasteiger partial charge in [-0.05, 0) is 62.1 Å². The highest BCUT2D eigenvalue weighted by molar-refractivity contribution is 5.87. The maximum atomic E-state index is 12.3. The zero-order valence-electron chi connectivity index (χ0n) is 17.5. The van der Waals surface area contributed by atoms with Gasteiger partial charge in [-0.1, -0.05) is 31.4 Å². The van der Waals surface area contributed by atoms with Gasteiger partial charge in [-0.25, -0.2) is 4.79 Å². The second-order valence-corrected chi connectivity index (χ2v) is 9.08. The molecular weight excluding hydrogens is 380 g/mol. The maximum Gasteiger partial charge on any atom is 0.335 e. The number of aryl methyl sites for hydroxylation is 1. The number of hydrogen-bond acceptors (Lipinski definition) is 5. The van der Waals surface area contributed by atoms with Gasteiger partial charge in [-0.2, -0.15) is 10.2 Å². The Morgan fingerprint density at radius 3 is 2.33 bits per heavy atom. The van der Waals surface area contributed by atoms with Crippen LogP contribution in [-0.4, -0.2) is 42.2 Å². The number of rotatable bonds is 9. The molecular formula is C24H32N2O4. The first kappa shape index (κ1) is 21.2. The van der Waals surface area contributed by atoms with E-state index in [2.05, 4.69) is 10.2 Å². The molecule has 3 aliphatic rings. The summed E-state index contributed by atoms with van der Waals surface area (Å²) in [6.07, 6.45) is 10.3. The van der Waals surface area contributed by atoms with Gasteiger partial charge in [-0.15, -0.1) is 0 Å². The number of aromatic carboxylic acids is 1. The van der Waals surface area contributed by atoms with Gasteiger partial charge in [0, 0.05) is 11.8 Å². The van der Waals surface area contributed by atoms with Crippen molar-refractivity contribution in [3.63, 3.8) is 0 Å². The number of carboxylic acid groups (broad SMARTS) is 1. The Kier molecular flexibility index (Phi) is 6.93. The molecule has 1 aliphatic carbocycles. The predicted molar refractivity (Wildman–Crippen MR) is 113 cm³/mol. The average Bonchev–Trinajstić information content (AvgIpc) is 3.38. The van der Waals surface area contributed by atoms with Crippen molar-refractivity contribution in [1.29, 1.82) is 0 Å². The topological polar surface area (TPSA) is 88.3 Å². The average molecular weight is 413 g/mol. The van der Waals surface area contributed by atoms with Crippen LogP contribution in [-0.2, 0) is 16.0 Å². The van der Waals surface area contributed by atoms with Gasteiger partial charge >= 0.3 is 5.97 Å². The molecule has 4 atom stereocenters. The third-order valence-corrected chi connectivity index (χ3v) is 7.24. The third-order valence-electron chi connectivity index (χ3n) is 7.24. The second-order valence-electron chi connectivity index (χ2n) is 9.08. The molecule has 162 valence electrons. The van der Waals surface area contributed by atoms with Gasteiger partial charge in [0.1, 0.15) is 6.54 Å². The molecule has 0 spiro atoms. The number of carbonyl (C=O) groups excluding carboxylic acids is 1. The fourth-order valence-electron chi connectivity index (χ4n) is 5.50. The molecule has 0 amide bonds. The van der Waals surface area contributed by atoms with Crippen LogP contribution in [0.15, 0.2) is 34.5 Å². The number of carbonyl (C=O) groups is 2. The molecule has 2 saturated heterocycles. The summed E-state index contributed by atoms with van der Waals surface area (Å²) in [5.41, 5.74) is 1.48. The van der Waals surface area contributed by atoms with E-state index >= 15 is 0 Å². The van der Waals surface area contributed by atoms with Crippen LogP contribution in [0.4, 0.5) is 0 Å². The first-order valence-electron chi connectivity index (χ1n) is 11.5. The number of nitrogens with zero attached hydrogens (tertiary/aromatic N) is 2. The molecule has 0 radical (unpaired) electrons. The minimum Gasteiger partial charge on any atom is -0.478 e. The monoisotopic (exact) mass is 412 g/mol. The van der Waals surface area contributed by atoms with Gasteiger partial charge in [-0.3, -0.25) is 4.79 Å². The number of azo groups is 1. The second kappa shape index (κ2) is 9.82. The van der Waals surface area contributed by atoms with Crippen LogP contribution in [0.2, 0.25) is 0 Å². The summed E-state index contributed by atoms with van der Waals surface area (Å²) in [5.74, 6) is 0.384. The Morgan fingerprint density at radius 1 is 0.933 bits per heavy atom. The lowest BCUT2D eigenvalue weighted by atomic mass is 9.76. The molecule has 6 heteroatoms. The molecule has 4 unspecified atom stereocenters. The lowest BCUT2D eigenvalue weighted by Gasteiger charge is -2.26. The van der Waals surface area contributed by atoms with Crippen LogP contribution in [0.1, 0.15) is 67.3 Å². The third kappa shape index (κ3) is 4.97. The predicted octanol–water partition coefficient (Wildman–Crippen LogP) is 4.71. The zero-order chi connectivity index (χ0) is 20.9. The molecule has 1 N–H and O–H groups in total. The Hall–Kier alpha value is -2.08. The van der Waals surface area contributed by atoms with Crippen LogP contribution in [0.3, 0.4) is 0 Å². The maximum absolute atomic E-state index is 12.3. The van der Waals surface area contributed by atoms with Crippen LogP contribution in [0.25, 0.3) is 0 Å². The van der Waals surface area contributed by atoms with E-state index in [1.54, 1.807) is 12.1 Å². The Balaban J connectivity index is 1.27. The van der Waals surface area contributed by atoms with E-state index in [-0.39, 0.29) is 24.3 Å². The minimum absolute atomic E-state index is 0.198. The van der Waals surface area contributed by atoms with E-state index in [4.69, 9.17) is 9.84 Å². The van der Waals surface area contributed by atoms with E-state index < -0.39 is 5.97 Å². The van der Waals surface area contributed by atoms with Gasteiger partial charge < -0.3 is 9.84 Å². The van der Waals surface area contributed by atoms with Gasteiger partial charge in [0.25, 0.3) is 0 Å². The lowest BCUT2D eigenvalue weighted by molar-refractivity contribution is -0.122. The van der Waals surface area contributed by atoms with Crippen molar-refractivity contribution in [2.24, 2.45) is 28.0 Å². The van der Waals surface area contributed by atoms with E-state index in [9.17, 15) is 9.59 Å². The van der Waals surface area contributed by atoms with Crippen LogP contribution >= 0.6 is 0 Å². The summed E-state index contributed by atoms with van der Waals surface area (Å²) < 4.78 is 6.16. The molecule has 6 nitrogen and oxygen atoms in total. The van der Waals surface area contributed by atoms with Gasteiger partial charge in [0.05, 0.1) is 24.3 Å². The Labute approximate surface area is 178 Å². The fourth-order valence-corrected chi connectivity index (χ4v) is 5.50. The lowest BCUT2D eigenvalue weighted by Crippen LogP contribution is -2.29. The highest BCUT2D eigenvalue weighted by Crippen LogP contribution is 2.45. The normalized spacial score (nSPS) is 28.9. The molecule has 1 aromatic carbocycles. The van der Waals surface area contributed by atoms with Crippen molar-refractivity contribution in [1.82, 2.24) is 0 Å². The summed E-state index contributed by atoms with van der Waals surface area (Å²) in [5, 5.41) is 17.7. The fraction of sp³-hybridized carbons (Fsp3) is 0.667. The zero-order valence-corrected chi connectivity index (χ0v) is 17.5. The van der Waals surface area contributed by atoms with E-state index in [1.807, 2.05) is 12.1 Å². The van der Waals surface area contributed by atoms with Crippen molar-refractivity contribution in [2.45, 2.75) is 70.0 Å². The number of ketones is 1. The van der Waals surface area contributed by atoms with Crippen molar-refractivity contribution in [3.8, 4) is 0 Å². The molecule has 2 bridgehead atoms. The standard InChI is InChI=1S/C24H32N2O4/c27-21(17-4-2-1-3-5-17)15-26-25-14-20-19(22-12-13-23(20)30-22)11-8-16-6-9-18(10-7-16)24(28)29/h6-7,9-10,17,19-20,22-23H,1-5,8,11-15H2,(H,28,29). The number of ether oxygens (including phenoxy) is 1. The number of hydrogen-bond donors (Lipinski definition) is 1. The Morgan fingerprint density at radius 2 is 1.63 bits per heavy atom. The van der Waals surface area contributed by atoms with Gasteiger partial charge in [0.15, 0.2) is 5.78 Å². The number of benzene rings is 1. The highest BCUT2D eigenvalue weighted by Gasteiger charge is 2.48. The number of Topliss-reactive ketones (excluding diaryl/α,β-unsaturated/α-hetero) is 1. The minimum atomic E-state index is -0.893. The summed E-state index contributed by atoms with van der Waals surface area (Å²) in [4.78, 5) is 23.3. The molecule has 0 aromatic heterocycles. The number of fused-ring (bicyclic) bond motifs is 2. The quantitative estimate of drug-likeness (QED) is 0.595. The smallest absolute Gasteiger partial charge is 0.335 e. The molecule has 2 aliphatic heterocycles.